The summed E-state index contributed by atoms with van der Waals surface area (Å²) in [7, 11) is 0. The average Bonchev–Trinajstić information content (AvgIpc) is 3.75. The molecule has 1 saturated carbocycles. The summed E-state index contributed by atoms with van der Waals surface area (Å²) < 4.78 is 12.1. The number of allylic oxidation sites excluding steroid dienone is 1. The van der Waals surface area contributed by atoms with Crippen molar-refractivity contribution in [3.63, 3.8) is 0 Å². The molecule has 200 valence electrons. The van der Waals surface area contributed by atoms with Crippen molar-refractivity contribution < 1.29 is 13.6 Å². The van der Waals surface area contributed by atoms with Crippen LogP contribution in [0.5, 0.6) is 0 Å². The molecular weight excluding hydrogens is 530 g/mol. The topological polar surface area (TPSA) is 96.8 Å². The molecule has 0 radical (unpaired) electrons. The van der Waals surface area contributed by atoms with Crippen LogP contribution in [0.15, 0.2) is 84.9 Å². The highest BCUT2D eigenvalue weighted by Crippen LogP contribution is 2.45. The number of thioether (sulfide) groups is 1. The van der Waals surface area contributed by atoms with Gasteiger partial charge in [0.25, 0.3) is 5.91 Å². The molecule has 8 nitrogen and oxygen atoms in total. The zero-order valence-electron chi connectivity index (χ0n) is 21.7. The van der Waals surface area contributed by atoms with E-state index in [2.05, 4.69) is 41.5 Å². The zero-order chi connectivity index (χ0) is 26.8. The maximum atomic E-state index is 13.5. The van der Waals surface area contributed by atoms with Crippen molar-refractivity contribution in [3.8, 4) is 0 Å². The maximum absolute atomic E-state index is 13.5. The van der Waals surface area contributed by atoms with Gasteiger partial charge in [0, 0.05) is 11.6 Å². The first kappa shape index (κ1) is 25.6. The lowest BCUT2D eigenvalue weighted by Crippen LogP contribution is -2.32. The van der Waals surface area contributed by atoms with Crippen LogP contribution >= 0.6 is 23.1 Å². The Morgan fingerprint density at radius 2 is 1.97 bits per heavy atom. The first-order chi connectivity index (χ1) is 19.0. The fraction of sp³-hybridized carbons (Fsp3) is 0.310. The predicted molar refractivity (Wildman–Crippen MR) is 154 cm³/mol. The molecule has 0 bridgehead atoms. The highest BCUT2D eigenvalue weighted by molar-refractivity contribution is 8.01. The Labute approximate surface area is 235 Å². The minimum atomic E-state index is -0.260. The van der Waals surface area contributed by atoms with Crippen molar-refractivity contribution in [2.75, 3.05) is 11.1 Å². The lowest BCUT2D eigenvalue weighted by atomic mass is 9.79. The Hall–Kier alpha value is -3.63. The molecule has 0 spiro atoms. The number of carbonyl (C=O) groups is 1. The molecule has 2 unspecified atom stereocenters. The number of aromatic nitrogens is 2. The number of hydrogen-bond acceptors (Lipinski definition) is 9. The van der Waals surface area contributed by atoms with Crippen molar-refractivity contribution in [2.45, 2.75) is 49.4 Å². The lowest BCUT2D eigenvalue weighted by molar-refractivity contribution is -0.131. The standard InChI is InChI=1S/C29H29N5O3S2/c1-18(2)19-10-12-21(13-11-19)30-28-31-32-29(39-28)38-17-25(35)34-27(24-9-5-15-37-24)23-8-3-6-20(26(23)33-34)16-22-7-4-14-36-22/h4-5,7,9-16,18,23,27H,3,6,8,17H2,1-2H3,(H,30,31). The van der Waals surface area contributed by atoms with Gasteiger partial charge < -0.3 is 14.2 Å². The predicted octanol–water partition coefficient (Wildman–Crippen LogP) is 7.51. The lowest BCUT2D eigenvalue weighted by Gasteiger charge is -2.27. The number of furan rings is 2. The Morgan fingerprint density at radius 3 is 2.72 bits per heavy atom. The molecule has 1 N–H and O–H groups in total. The fourth-order valence-corrected chi connectivity index (χ4v) is 6.70. The zero-order valence-corrected chi connectivity index (χ0v) is 23.4. The van der Waals surface area contributed by atoms with E-state index >= 15 is 0 Å². The van der Waals surface area contributed by atoms with Crippen molar-refractivity contribution in [1.82, 2.24) is 15.2 Å². The first-order valence-corrected chi connectivity index (χ1v) is 14.9. The third-order valence-electron chi connectivity index (χ3n) is 7.01. The Bertz CT molecular complexity index is 1470. The SMILES string of the molecule is CC(C)c1ccc(Nc2nnc(SCC(=O)N3N=C4C(=Cc5ccco5)CCCC4C3c3ccco3)s2)cc1. The molecule has 2 aliphatic rings. The number of hydrazone groups is 1. The van der Waals surface area contributed by atoms with Gasteiger partial charge in [-0.25, -0.2) is 5.01 Å². The number of anilines is 2. The van der Waals surface area contributed by atoms with Gasteiger partial charge in [-0.1, -0.05) is 49.1 Å². The third-order valence-corrected chi connectivity index (χ3v) is 8.96. The molecule has 1 aliphatic heterocycles. The van der Waals surface area contributed by atoms with Gasteiger partial charge in [-0.3, -0.25) is 4.79 Å². The summed E-state index contributed by atoms with van der Waals surface area (Å²) in [6.07, 6.45) is 8.22. The van der Waals surface area contributed by atoms with Gasteiger partial charge in [-0.2, -0.15) is 5.10 Å². The van der Waals surface area contributed by atoms with Crippen LogP contribution in [0, 0.1) is 5.92 Å². The molecular formula is C29H29N5O3S2. The molecule has 3 aromatic heterocycles. The van der Waals surface area contributed by atoms with Gasteiger partial charge in [0.15, 0.2) is 4.34 Å². The van der Waals surface area contributed by atoms with Gasteiger partial charge in [-0.05, 0) is 78.8 Å². The Balaban J connectivity index is 1.16. The van der Waals surface area contributed by atoms with E-state index in [9.17, 15) is 4.79 Å². The molecule has 6 rings (SSSR count). The monoisotopic (exact) mass is 559 g/mol. The number of carbonyl (C=O) groups excluding carboxylic acids is 1. The number of benzene rings is 1. The summed E-state index contributed by atoms with van der Waals surface area (Å²) in [6, 6.07) is 15.6. The van der Waals surface area contributed by atoms with Crippen LogP contribution in [0.4, 0.5) is 10.8 Å². The van der Waals surface area contributed by atoms with Crippen LogP contribution in [-0.4, -0.2) is 32.6 Å². The van der Waals surface area contributed by atoms with Crippen molar-refractivity contribution in [2.24, 2.45) is 11.0 Å². The highest BCUT2D eigenvalue weighted by Gasteiger charge is 2.45. The second-order valence-corrected chi connectivity index (χ2v) is 12.1. The van der Waals surface area contributed by atoms with E-state index in [1.54, 1.807) is 17.5 Å². The first-order valence-electron chi connectivity index (χ1n) is 13.1. The molecule has 1 amide bonds. The summed E-state index contributed by atoms with van der Waals surface area (Å²) in [4.78, 5) is 13.5. The molecule has 39 heavy (non-hydrogen) atoms. The molecule has 1 aromatic carbocycles. The van der Waals surface area contributed by atoms with E-state index in [1.165, 1.54) is 28.7 Å². The molecule has 1 fully saturated rings. The van der Waals surface area contributed by atoms with Crippen LogP contribution in [0.25, 0.3) is 6.08 Å². The van der Waals surface area contributed by atoms with E-state index in [4.69, 9.17) is 13.9 Å². The van der Waals surface area contributed by atoms with Gasteiger partial charge in [-0.15, -0.1) is 10.2 Å². The Kier molecular flexibility index (Phi) is 7.38. The van der Waals surface area contributed by atoms with E-state index in [1.807, 2.05) is 42.5 Å². The third kappa shape index (κ3) is 5.58. The van der Waals surface area contributed by atoms with Gasteiger partial charge >= 0.3 is 0 Å². The van der Waals surface area contributed by atoms with Crippen molar-refractivity contribution in [3.05, 3.63) is 83.7 Å². The summed E-state index contributed by atoms with van der Waals surface area (Å²) in [5.41, 5.74) is 4.30. The van der Waals surface area contributed by atoms with E-state index < -0.39 is 0 Å². The number of fused-ring (bicyclic) bond motifs is 1. The minimum absolute atomic E-state index is 0.0829. The van der Waals surface area contributed by atoms with Crippen LogP contribution in [-0.2, 0) is 4.79 Å². The minimum Gasteiger partial charge on any atom is -0.467 e. The summed E-state index contributed by atoms with van der Waals surface area (Å²) in [6.45, 7) is 4.35. The smallest absolute Gasteiger partial charge is 0.253 e. The van der Waals surface area contributed by atoms with Gasteiger partial charge in [0.1, 0.15) is 17.6 Å². The number of nitrogens with zero attached hydrogens (tertiary/aromatic N) is 4. The Morgan fingerprint density at radius 1 is 1.15 bits per heavy atom. The van der Waals surface area contributed by atoms with Crippen LogP contribution in [0.1, 0.15) is 62.2 Å². The summed E-state index contributed by atoms with van der Waals surface area (Å²) in [5.74, 6) is 2.23. The van der Waals surface area contributed by atoms with Crippen LogP contribution < -0.4 is 5.32 Å². The quantitative estimate of drug-likeness (QED) is 0.223. The van der Waals surface area contributed by atoms with Crippen LogP contribution in [0.3, 0.4) is 0 Å². The normalized spacial score (nSPS) is 19.9. The van der Waals surface area contributed by atoms with Crippen molar-refractivity contribution in [1.29, 1.82) is 0 Å². The van der Waals surface area contributed by atoms with E-state index in [-0.39, 0.29) is 23.6 Å². The number of nitrogens with one attached hydrogen (secondary N) is 1. The highest BCUT2D eigenvalue weighted by atomic mass is 32.2. The molecule has 2 atom stereocenters. The molecule has 4 aromatic rings. The summed E-state index contributed by atoms with van der Waals surface area (Å²) in [5, 5.41) is 19.0. The largest absolute Gasteiger partial charge is 0.467 e. The summed E-state index contributed by atoms with van der Waals surface area (Å²) >= 11 is 2.80. The maximum Gasteiger partial charge on any atom is 0.253 e. The second-order valence-electron chi connectivity index (χ2n) is 9.93. The van der Waals surface area contributed by atoms with Crippen molar-refractivity contribution >= 4 is 51.6 Å². The molecule has 1 aliphatic carbocycles. The van der Waals surface area contributed by atoms with Crippen LogP contribution in [0.2, 0.25) is 0 Å². The molecule has 4 heterocycles. The number of amides is 1. The van der Waals surface area contributed by atoms with Gasteiger partial charge in [0.2, 0.25) is 5.13 Å². The van der Waals surface area contributed by atoms with Gasteiger partial charge in [0.05, 0.1) is 24.0 Å². The van der Waals surface area contributed by atoms with E-state index in [0.29, 0.717) is 11.0 Å². The average molecular weight is 560 g/mol. The molecule has 0 saturated heterocycles. The van der Waals surface area contributed by atoms with E-state index in [0.717, 1.165) is 52.1 Å². The fourth-order valence-electron chi connectivity index (χ4n) is 5.07. The molecule has 10 heteroatoms. The number of hydrogen-bond donors (Lipinski definition) is 1. The second kappa shape index (κ2) is 11.2. The number of rotatable bonds is 8.